The van der Waals surface area contributed by atoms with E-state index in [1.807, 2.05) is 0 Å². The van der Waals surface area contributed by atoms with Gasteiger partial charge in [-0.3, -0.25) is 0 Å². The average Bonchev–Trinajstić information content (AvgIpc) is 2.48. The molecule has 6 unspecified atom stereocenters. The van der Waals surface area contributed by atoms with Crippen LogP contribution in [0.15, 0.2) is 0 Å². The summed E-state index contributed by atoms with van der Waals surface area (Å²) in [6.45, 7) is 10.1. The van der Waals surface area contributed by atoms with Crippen LogP contribution in [-0.4, -0.2) is 0 Å². The fourth-order valence-corrected chi connectivity index (χ4v) is 9.39. The van der Waals surface area contributed by atoms with Gasteiger partial charge in [-0.05, 0) is 122 Å². The van der Waals surface area contributed by atoms with Crippen molar-refractivity contribution in [3.05, 3.63) is 0 Å². The molecule has 0 radical (unpaired) electrons. The maximum Gasteiger partial charge on any atom is -0.0292 e. The van der Waals surface area contributed by atoms with Crippen molar-refractivity contribution in [1.82, 2.24) is 0 Å². The molecule has 8 saturated carbocycles. The van der Waals surface area contributed by atoms with E-state index in [4.69, 9.17) is 0 Å². The Kier molecular flexibility index (Phi) is 3.55. The Balaban J connectivity index is 0.000000109. The Hall–Kier alpha value is 0. The minimum Gasteiger partial charge on any atom is -0.0620 e. The van der Waals surface area contributed by atoms with Gasteiger partial charge < -0.3 is 0 Å². The second kappa shape index (κ2) is 5.26. The summed E-state index contributed by atoms with van der Waals surface area (Å²) >= 11 is 0. The Morgan fingerprint density at radius 1 is 0.583 bits per heavy atom. The van der Waals surface area contributed by atoms with Crippen LogP contribution in [0.5, 0.6) is 0 Å². The molecule has 8 aliphatic carbocycles. The van der Waals surface area contributed by atoms with Crippen LogP contribution < -0.4 is 0 Å². The molecule has 0 aromatic heterocycles. The molecule has 8 bridgehead atoms. The van der Waals surface area contributed by atoms with E-state index in [9.17, 15) is 0 Å². The molecule has 136 valence electrons. The molecule has 0 heteroatoms. The predicted molar refractivity (Wildman–Crippen MR) is 102 cm³/mol. The molecule has 0 amide bonds. The van der Waals surface area contributed by atoms with E-state index in [2.05, 4.69) is 27.7 Å². The lowest BCUT2D eigenvalue weighted by atomic mass is 9.46. The van der Waals surface area contributed by atoms with Crippen molar-refractivity contribution in [2.45, 2.75) is 91.9 Å². The van der Waals surface area contributed by atoms with E-state index in [-0.39, 0.29) is 0 Å². The molecule has 0 aliphatic heterocycles. The first-order chi connectivity index (χ1) is 11.3. The van der Waals surface area contributed by atoms with Crippen LogP contribution in [0.1, 0.15) is 91.9 Å². The van der Waals surface area contributed by atoms with Crippen LogP contribution in [0, 0.1) is 58.2 Å². The summed E-state index contributed by atoms with van der Waals surface area (Å²) in [5.41, 5.74) is 1.54. The molecule has 24 heavy (non-hydrogen) atoms. The van der Waals surface area contributed by atoms with E-state index in [0.717, 1.165) is 58.2 Å². The lowest BCUT2D eigenvalue weighted by Gasteiger charge is -2.59. The van der Waals surface area contributed by atoms with Gasteiger partial charge in [0, 0.05) is 0 Å². The zero-order chi connectivity index (χ0) is 16.7. The fourth-order valence-electron chi connectivity index (χ4n) is 9.39. The van der Waals surface area contributed by atoms with Gasteiger partial charge >= 0.3 is 0 Å². The number of hydrogen-bond donors (Lipinski definition) is 0. The molecule has 0 aromatic carbocycles. The van der Waals surface area contributed by atoms with Crippen LogP contribution in [0.3, 0.4) is 0 Å². The zero-order valence-corrected chi connectivity index (χ0v) is 16.7. The smallest absolute Gasteiger partial charge is 0.0292 e. The summed E-state index contributed by atoms with van der Waals surface area (Å²) < 4.78 is 0. The second-order valence-electron chi connectivity index (χ2n) is 12.2. The molecular formula is C24H40. The molecule has 0 aromatic rings. The van der Waals surface area contributed by atoms with Crippen molar-refractivity contribution in [1.29, 1.82) is 0 Å². The van der Waals surface area contributed by atoms with E-state index in [1.54, 1.807) is 64.2 Å². The van der Waals surface area contributed by atoms with E-state index >= 15 is 0 Å². The first-order valence-corrected chi connectivity index (χ1v) is 11.3. The van der Waals surface area contributed by atoms with Crippen molar-refractivity contribution >= 4 is 0 Å². The Labute approximate surface area is 150 Å². The average molecular weight is 329 g/mol. The SMILES string of the molecule is CC1C2C[C@@H]3C[C@H](C2)CC1(C)C3.CC1[C@@H]2CC3C[C@H]1CC(C)(C3)C2. The van der Waals surface area contributed by atoms with Crippen LogP contribution in [-0.2, 0) is 0 Å². The first kappa shape index (κ1) is 16.2. The standard InChI is InChI=1S/2C12H20/c1-8-11-4-9-3-10(5-11)7-12(8,2)6-9;1-8-10-3-9-4-11(8)7-12(2,5-9)6-10/h2*8-11H,3-7H2,1-2H3/t8?,9-,10+,11?,12?;8?,9?,10-,11+,12?. The minimum atomic E-state index is 0.759. The summed E-state index contributed by atoms with van der Waals surface area (Å²) in [7, 11) is 0. The zero-order valence-electron chi connectivity index (χ0n) is 16.7. The fraction of sp³-hybridized carbons (Fsp3) is 1.00. The van der Waals surface area contributed by atoms with Crippen molar-refractivity contribution in [3.8, 4) is 0 Å². The molecule has 0 heterocycles. The normalized spacial score (nSPS) is 62.5. The van der Waals surface area contributed by atoms with Gasteiger partial charge in [0.25, 0.3) is 0 Å². The van der Waals surface area contributed by atoms with Crippen molar-refractivity contribution in [3.63, 3.8) is 0 Å². The van der Waals surface area contributed by atoms with Gasteiger partial charge in [-0.2, -0.15) is 0 Å². The lowest BCUT2D eigenvalue weighted by Crippen LogP contribution is -2.50. The Morgan fingerprint density at radius 3 is 1.58 bits per heavy atom. The van der Waals surface area contributed by atoms with Crippen LogP contribution >= 0.6 is 0 Å². The highest BCUT2D eigenvalue weighted by Crippen LogP contribution is 2.63. The highest BCUT2D eigenvalue weighted by Gasteiger charge is 2.53. The maximum atomic E-state index is 2.56. The molecule has 0 spiro atoms. The van der Waals surface area contributed by atoms with E-state index in [1.165, 1.54) is 0 Å². The Bertz CT molecular complexity index is 470. The number of hydrogen-bond acceptors (Lipinski definition) is 0. The van der Waals surface area contributed by atoms with E-state index in [0.29, 0.717) is 0 Å². The first-order valence-electron chi connectivity index (χ1n) is 11.3. The minimum absolute atomic E-state index is 0.759. The molecule has 8 fully saturated rings. The van der Waals surface area contributed by atoms with E-state index < -0.39 is 0 Å². The summed E-state index contributed by atoms with van der Waals surface area (Å²) in [5.74, 6) is 8.82. The van der Waals surface area contributed by atoms with Gasteiger partial charge in [-0.1, -0.05) is 27.7 Å². The molecular weight excluding hydrogens is 288 g/mol. The maximum absolute atomic E-state index is 2.56. The third-order valence-electron chi connectivity index (χ3n) is 10.3. The molecule has 8 rings (SSSR count). The molecule has 8 aliphatic rings. The highest BCUT2D eigenvalue weighted by atomic mass is 14.6. The molecule has 0 saturated heterocycles. The Morgan fingerprint density at radius 2 is 1.08 bits per heavy atom. The molecule has 0 N–H and O–H groups in total. The highest BCUT2D eigenvalue weighted by molar-refractivity contribution is 5.03. The van der Waals surface area contributed by atoms with Crippen LogP contribution in [0.2, 0.25) is 0 Å². The number of rotatable bonds is 0. The van der Waals surface area contributed by atoms with Gasteiger partial charge in [0.1, 0.15) is 0 Å². The lowest BCUT2D eigenvalue weighted by molar-refractivity contribution is -0.0906. The second-order valence-corrected chi connectivity index (χ2v) is 12.2. The van der Waals surface area contributed by atoms with Crippen molar-refractivity contribution < 1.29 is 0 Å². The largest absolute Gasteiger partial charge is 0.0620 e. The van der Waals surface area contributed by atoms with Gasteiger partial charge in [0.2, 0.25) is 0 Å². The van der Waals surface area contributed by atoms with Crippen molar-refractivity contribution in [2.75, 3.05) is 0 Å². The predicted octanol–water partition coefficient (Wildman–Crippen LogP) is 6.94. The summed E-state index contributed by atoms with van der Waals surface area (Å²) in [4.78, 5) is 0. The van der Waals surface area contributed by atoms with Gasteiger partial charge in [-0.25, -0.2) is 0 Å². The monoisotopic (exact) mass is 328 g/mol. The summed E-state index contributed by atoms with van der Waals surface area (Å²) in [6, 6.07) is 0. The van der Waals surface area contributed by atoms with Gasteiger partial charge in [0.05, 0.1) is 0 Å². The third kappa shape index (κ3) is 2.44. The van der Waals surface area contributed by atoms with Gasteiger partial charge in [-0.15, -0.1) is 0 Å². The van der Waals surface area contributed by atoms with Crippen LogP contribution in [0.25, 0.3) is 0 Å². The topological polar surface area (TPSA) is 0 Å². The van der Waals surface area contributed by atoms with Crippen molar-refractivity contribution in [2.24, 2.45) is 58.2 Å². The summed E-state index contributed by atoms with van der Waals surface area (Å²) in [6.07, 6.45) is 15.7. The quantitative estimate of drug-likeness (QED) is 0.452. The summed E-state index contributed by atoms with van der Waals surface area (Å²) in [5, 5.41) is 0. The molecule has 0 nitrogen and oxygen atoms in total. The van der Waals surface area contributed by atoms with Gasteiger partial charge in [0.15, 0.2) is 0 Å². The third-order valence-corrected chi connectivity index (χ3v) is 10.3. The molecule has 10 atom stereocenters. The van der Waals surface area contributed by atoms with Crippen LogP contribution in [0.4, 0.5) is 0 Å².